The Labute approximate surface area is 130 Å². The molecule has 0 bridgehead atoms. The molecule has 2 aromatic rings. The number of rotatable bonds is 5. The van der Waals surface area contributed by atoms with Crippen molar-refractivity contribution < 1.29 is 4.74 Å². The van der Waals surface area contributed by atoms with E-state index >= 15 is 0 Å². The highest BCUT2D eigenvalue weighted by atomic mass is 16.5. The van der Waals surface area contributed by atoms with Crippen LogP contribution in [0.15, 0.2) is 41.2 Å². The molecule has 0 spiro atoms. The van der Waals surface area contributed by atoms with Crippen molar-refractivity contribution in [3.05, 3.63) is 52.3 Å². The molecule has 1 aromatic heterocycles. The van der Waals surface area contributed by atoms with E-state index in [-0.39, 0.29) is 18.1 Å². The number of pyridine rings is 1. The molecule has 0 unspecified atom stereocenters. The molecule has 0 aliphatic rings. The molecule has 0 aliphatic heterocycles. The maximum Gasteiger partial charge on any atom is 0.255 e. The highest BCUT2D eigenvalue weighted by Gasteiger charge is 2.10. The number of hydrogen-bond donors (Lipinski definition) is 0. The van der Waals surface area contributed by atoms with Crippen molar-refractivity contribution in [2.24, 2.45) is 0 Å². The topological polar surface area (TPSA) is 55.0 Å². The molecule has 0 N–H and O–H groups in total. The van der Waals surface area contributed by atoms with Crippen LogP contribution < -0.4 is 10.3 Å². The summed E-state index contributed by atoms with van der Waals surface area (Å²) in [5.41, 5.74) is 2.20. The number of benzene rings is 1. The SMILES string of the molecule is CCn1c(-c2cccc(OC(C)C)c2)ccc(CC#N)c1=O. The molecule has 22 heavy (non-hydrogen) atoms. The Morgan fingerprint density at radius 1 is 1.27 bits per heavy atom. The number of ether oxygens (including phenoxy) is 1. The molecule has 1 aromatic carbocycles. The van der Waals surface area contributed by atoms with Gasteiger partial charge in [-0.05, 0) is 39.0 Å². The molecular formula is C18H20N2O2. The monoisotopic (exact) mass is 296 g/mol. The first-order chi connectivity index (χ1) is 10.6. The zero-order valence-electron chi connectivity index (χ0n) is 13.2. The first kappa shape index (κ1) is 15.8. The Balaban J connectivity index is 2.51. The lowest BCUT2D eigenvalue weighted by Crippen LogP contribution is -2.24. The molecule has 1 heterocycles. The lowest BCUT2D eigenvalue weighted by atomic mass is 10.1. The first-order valence-electron chi connectivity index (χ1n) is 7.43. The Bertz CT molecular complexity index is 754. The summed E-state index contributed by atoms with van der Waals surface area (Å²) in [5.74, 6) is 0.781. The second-order valence-electron chi connectivity index (χ2n) is 5.32. The van der Waals surface area contributed by atoms with E-state index in [0.29, 0.717) is 12.1 Å². The van der Waals surface area contributed by atoms with E-state index < -0.39 is 0 Å². The second-order valence-corrected chi connectivity index (χ2v) is 5.32. The highest BCUT2D eigenvalue weighted by molar-refractivity contribution is 5.62. The maximum atomic E-state index is 12.4. The molecule has 0 amide bonds. The number of hydrogen-bond acceptors (Lipinski definition) is 3. The van der Waals surface area contributed by atoms with Gasteiger partial charge in [0.1, 0.15) is 5.75 Å². The van der Waals surface area contributed by atoms with Crippen molar-refractivity contribution >= 4 is 0 Å². The van der Waals surface area contributed by atoms with E-state index in [0.717, 1.165) is 17.0 Å². The first-order valence-corrected chi connectivity index (χ1v) is 7.43. The van der Waals surface area contributed by atoms with Crippen LogP contribution in [0.25, 0.3) is 11.3 Å². The van der Waals surface area contributed by atoms with Gasteiger partial charge in [-0.3, -0.25) is 4.79 Å². The van der Waals surface area contributed by atoms with Crippen LogP contribution in [-0.4, -0.2) is 10.7 Å². The second kappa shape index (κ2) is 6.95. The third-order valence-electron chi connectivity index (χ3n) is 3.34. The van der Waals surface area contributed by atoms with Gasteiger partial charge in [-0.25, -0.2) is 0 Å². The maximum absolute atomic E-state index is 12.4. The van der Waals surface area contributed by atoms with Gasteiger partial charge >= 0.3 is 0 Å². The van der Waals surface area contributed by atoms with E-state index in [4.69, 9.17) is 10.00 Å². The molecule has 2 rings (SSSR count). The molecule has 0 saturated carbocycles. The van der Waals surface area contributed by atoms with Gasteiger partial charge in [-0.1, -0.05) is 18.2 Å². The number of nitrogens with zero attached hydrogens (tertiary/aromatic N) is 2. The summed E-state index contributed by atoms with van der Waals surface area (Å²) in [7, 11) is 0. The van der Waals surface area contributed by atoms with E-state index in [1.165, 1.54) is 0 Å². The molecular weight excluding hydrogens is 276 g/mol. The van der Waals surface area contributed by atoms with Crippen LogP contribution in [0.5, 0.6) is 5.75 Å². The summed E-state index contributed by atoms with van der Waals surface area (Å²) in [6.45, 7) is 6.44. The normalized spacial score (nSPS) is 10.5. The Morgan fingerprint density at radius 3 is 2.68 bits per heavy atom. The van der Waals surface area contributed by atoms with Crippen molar-refractivity contribution in [2.45, 2.75) is 39.8 Å². The predicted octanol–water partition coefficient (Wildman–Crippen LogP) is 3.39. The summed E-state index contributed by atoms with van der Waals surface area (Å²) in [6, 6.07) is 13.4. The van der Waals surface area contributed by atoms with E-state index in [1.807, 2.05) is 57.2 Å². The average molecular weight is 296 g/mol. The van der Waals surface area contributed by atoms with Crippen LogP contribution in [0.4, 0.5) is 0 Å². The Hall–Kier alpha value is -2.54. The molecule has 4 heteroatoms. The summed E-state index contributed by atoms with van der Waals surface area (Å²) in [5, 5.41) is 8.80. The van der Waals surface area contributed by atoms with Crippen molar-refractivity contribution in [1.82, 2.24) is 4.57 Å². The van der Waals surface area contributed by atoms with Gasteiger partial charge in [0.25, 0.3) is 5.56 Å². The zero-order chi connectivity index (χ0) is 16.1. The summed E-state index contributed by atoms with van der Waals surface area (Å²) < 4.78 is 7.41. The van der Waals surface area contributed by atoms with Crippen LogP contribution in [0, 0.1) is 11.3 Å². The minimum atomic E-state index is -0.100. The highest BCUT2D eigenvalue weighted by Crippen LogP contribution is 2.24. The van der Waals surface area contributed by atoms with Crippen LogP contribution in [0.3, 0.4) is 0 Å². The molecule has 0 saturated heterocycles. The van der Waals surface area contributed by atoms with E-state index in [2.05, 4.69) is 0 Å². The third kappa shape index (κ3) is 3.37. The molecule has 0 atom stereocenters. The predicted molar refractivity (Wildman–Crippen MR) is 86.9 cm³/mol. The van der Waals surface area contributed by atoms with Gasteiger partial charge in [0.2, 0.25) is 0 Å². The van der Waals surface area contributed by atoms with Crippen LogP contribution in [0.2, 0.25) is 0 Å². The van der Waals surface area contributed by atoms with Gasteiger partial charge in [-0.2, -0.15) is 5.26 Å². The van der Waals surface area contributed by atoms with Crippen LogP contribution >= 0.6 is 0 Å². The molecule has 0 radical (unpaired) electrons. The fourth-order valence-electron chi connectivity index (χ4n) is 2.41. The lowest BCUT2D eigenvalue weighted by molar-refractivity contribution is 0.242. The Morgan fingerprint density at radius 2 is 2.05 bits per heavy atom. The van der Waals surface area contributed by atoms with Gasteiger partial charge in [-0.15, -0.1) is 0 Å². The van der Waals surface area contributed by atoms with E-state index in [9.17, 15) is 4.79 Å². The quantitative estimate of drug-likeness (QED) is 0.850. The number of aromatic nitrogens is 1. The molecule has 114 valence electrons. The minimum absolute atomic E-state index is 0.0987. The fraction of sp³-hybridized carbons (Fsp3) is 0.333. The fourth-order valence-corrected chi connectivity index (χ4v) is 2.41. The van der Waals surface area contributed by atoms with Crippen molar-refractivity contribution in [3.63, 3.8) is 0 Å². The molecule has 0 aliphatic carbocycles. The average Bonchev–Trinajstić information content (AvgIpc) is 2.49. The smallest absolute Gasteiger partial charge is 0.255 e. The van der Waals surface area contributed by atoms with Crippen LogP contribution in [-0.2, 0) is 13.0 Å². The van der Waals surface area contributed by atoms with Gasteiger partial charge < -0.3 is 9.30 Å². The van der Waals surface area contributed by atoms with Crippen LogP contribution in [0.1, 0.15) is 26.3 Å². The summed E-state index contributed by atoms with van der Waals surface area (Å²) in [6.07, 6.45) is 0.233. The molecule has 4 nitrogen and oxygen atoms in total. The van der Waals surface area contributed by atoms with E-state index in [1.54, 1.807) is 10.6 Å². The third-order valence-corrected chi connectivity index (χ3v) is 3.34. The van der Waals surface area contributed by atoms with Crippen molar-refractivity contribution in [2.75, 3.05) is 0 Å². The van der Waals surface area contributed by atoms with Crippen molar-refractivity contribution in [3.8, 4) is 23.1 Å². The van der Waals surface area contributed by atoms with Crippen molar-refractivity contribution in [1.29, 1.82) is 5.26 Å². The zero-order valence-corrected chi connectivity index (χ0v) is 13.2. The standard InChI is InChI=1S/C18H20N2O2/c1-4-20-17(9-8-14(10-11-19)18(20)21)15-6-5-7-16(12-15)22-13(2)3/h5-9,12-13H,4,10H2,1-3H3. The minimum Gasteiger partial charge on any atom is -0.491 e. The van der Waals surface area contributed by atoms with Gasteiger partial charge in [0.05, 0.1) is 24.3 Å². The summed E-state index contributed by atoms with van der Waals surface area (Å²) in [4.78, 5) is 12.4. The lowest BCUT2D eigenvalue weighted by Gasteiger charge is -2.14. The summed E-state index contributed by atoms with van der Waals surface area (Å²) >= 11 is 0. The van der Waals surface area contributed by atoms with Gasteiger partial charge in [0, 0.05) is 17.7 Å². The molecule has 0 fully saturated rings. The van der Waals surface area contributed by atoms with Gasteiger partial charge in [0.15, 0.2) is 0 Å². The largest absolute Gasteiger partial charge is 0.491 e. The number of nitriles is 1. The Kier molecular flexibility index (Phi) is 5.00.